The van der Waals surface area contributed by atoms with E-state index in [1.165, 1.54) is 13.0 Å². The van der Waals surface area contributed by atoms with E-state index in [0.29, 0.717) is 11.9 Å². The molecule has 1 aliphatic heterocycles. The van der Waals surface area contributed by atoms with Gasteiger partial charge in [-0.2, -0.15) is 5.10 Å². The molecule has 0 spiro atoms. The molecule has 2 aromatic rings. The van der Waals surface area contributed by atoms with Crippen molar-refractivity contribution in [2.45, 2.75) is 12.8 Å². The number of hydrogen-bond acceptors (Lipinski definition) is 6. The van der Waals surface area contributed by atoms with Crippen molar-refractivity contribution in [3.05, 3.63) is 24.7 Å². The van der Waals surface area contributed by atoms with Gasteiger partial charge in [0.1, 0.15) is 0 Å². The van der Waals surface area contributed by atoms with E-state index in [1.807, 2.05) is 25.5 Å². The lowest BCUT2D eigenvalue weighted by molar-refractivity contribution is 0.178. The highest BCUT2D eigenvalue weighted by Gasteiger charge is 2.21. The topological polar surface area (TPSA) is 68.1 Å². The molecule has 2 aromatic heterocycles. The Labute approximate surface area is 143 Å². The summed E-state index contributed by atoms with van der Waals surface area (Å²) >= 11 is 0. The molecule has 3 heterocycles. The summed E-state index contributed by atoms with van der Waals surface area (Å²) in [6.45, 7) is 5.19. The number of aromatic nitrogens is 4. The second-order valence-corrected chi connectivity index (χ2v) is 6.35. The number of ether oxygens (including phenoxy) is 1. The highest BCUT2D eigenvalue weighted by atomic mass is 16.5. The molecule has 1 N–H and O–H groups in total. The Hall–Kier alpha value is -1.99. The van der Waals surface area contributed by atoms with Gasteiger partial charge in [0.2, 0.25) is 5.95 Å². The van der Waals surface area contributed by atoms with E-state index in [4.69, 9.17) is 4.74 Å². The van der Waals surface area contributed by atoms with Crippen molar-refractivity contribution in [2.75, 3.05) is 45.2 Å². The number of likely N-dealkylation sites (tertiary alicyclic amines) is 1. The monoisotopic (exact) mass is 330 g/mol. The predicted octanol–water partition coefficient (Wildman–Crippen LogP) is 1.65. The van der Waals surface area contributed by atoms with Crippen LogP contribution in [0.15, 0.2) is 24.7 Å². The second-order valence-electron chi connectivity index (χ2n) is 6.35. The third kappa shape index (κ3) is 4.52. The van der Waals surface area contributed by atoms with Crippen molar-refractivity contribution >= 4 is 5.95 Å². The highest BCUT2D eigenvalue weighted by molar-refractivity contribution is 5.57. The summed E-state index contributed by atoms with van der Waals surface area (Å²) in [5.41, 5.74) is 1.90. The van der Waals surface area contributed by atoms with Gasteiger partial charge >= 0.3 is 0 Å². The van der Waals surface area contributed by atoms with E-state index in [0.717, 1.165) is 43.9 Å². The zero-order valence-electron chi connectivity index (χ0n) is 14.5. The fraction of sp³-hybridized carbons (Fsp3) is 0.588. The van der Waals surface area contributed by atoms with Crippen LogP contribution in [0.2, 0.25) is 0 Å². The van der Waals surface area contributed by atoms with Gasteiger partial charge in [-0.15, -0.1) is 0 Å². The first kappa shape index (κ1) is 16.9. The van der Waals surface area contributed by atoms with Crippen molar-refractivity contribution in [1.29, 1.82) is 0 Å². The summed E-state index contributed by atoms with van der Waals surface area (Å²) < 4.78 is 6.90. The maximum Gasteiger partial charge on any atom is 0.223 e. The van der Waals surface area contributed by atoms with Crippen molar-refractivity contribution in [1.82, 2.24) is 24.6 Å². The summed E-state index contributed by atoms with van der Waals surface area (Å²) in [4.78, 5) is 11.4. The number of nitrogens with zero attached hydrogens (tertiary/aromatic N) is 5. The fourth-order valence-corrected chi connectivity index (χ4v) is 3.11. The van der Waals surface area contributed by atoms with Gasteiger partial charge in [-0.25, -0.2) is 9.97 Å². The summed E-state index contributed by atoms with van der Waals surface area (Å²) in [5, 5.41) is 7.58. The lowest BCUT2D eigenvalue weighted by atomic mass is 10.1. The summed E-state index contributed by atoms with van der Waals surface area (Å²) in [5.74, 6) is 1.34. The molecule has 3 rings (SSSR count). The average molecular weight is 330 g/mol. The van der Waals surface area contributed by atoms with Crippen LogP contribution in [0.3, 0.4) is 0 Å². The summed E-state index contributed by atoms with van der Waals surface area (Å²) in [6, 6.07) is 1.91. The highest BCUT2D eigenvalue weighted by Crippen LogP contribution is 2.19. The number of anilines is 1. The van der Waals surface area contributed by atoms with Crippen LogP contribution in [0.4, 0.5) is 5.95 Å². The van der Waals surface area contributed by atoms with Gasteiger partial charge in [0.25, 0.3) is 0 Å². The minimum Gasteiger partial charge on any atom is -0.385 e. The first-order chi connectivity index (χ1) is 11.7. The van der Waals surface area contributed by atoms with Crippen LogP contribution >= 0.6 is 0 Å². The van der Waals surface area contributed by atoms with E-state index >= 15 is 0 Å². The number of rotatable bonds is 8. The van der Waals surface area contributed by atoms with E-state index in [1.54, 1.807) is 18.0 Å². The zero-order valence-corrected chi connectivity index (χ0v) is 14.5. The molecule has 1 fully saturated rings. The largest absolute Gasteiger partial charge is 0.385 e. The van der Waals surface area contributed by atoms with Crippen molar-refractivity contribution in [2.24, 2.45) is 13.0 Å². The minimum absolute atomic E-state index is 0.651. The second kappa shape index (κ2) is 8.21. The summed E-state index contributed by atoms with van der Waals surface area (Å²) in [6.07, 6.45) is 7.90. The molecule has 0 unspecified atom stereocenters. The Morgan fingerprint density at radius 1 is 1.42 bits per heavy atom. The molecule has 1 atom stereocenters. The molecule has 7 nitrogen and oxygen atoms in total. The standard InChI is InChI=1S/C17H26N6O/c1-22-13-15(11-20-22)16-4-6-18-17(21-16)19-10-14-5-8-23(12-14)7-3-9-24-2/h4,6,11,13-14H,3,5,7-10,12H2,1-2H3,(H,18,19,21)/t14-/m1/s1. The Morgan fingerprint density at radius 3 is 3.12 bits per heavy atom. The van der Waals surface area contributed by atoms with Gasteiger partial charge in [0.05, 0.1) is 11.9 Å². The maximum absolute atomic E-state index is 5.12. The lowest BCUT2D eigenvalue weighted by Crippen LogP contribution is -2.25. The predicted molar refractivity (Wildman–Crippen MR) is 93.8 cm³/mol. The molecule has 0 saturated carbocycles. The SMILES string of the molecule is COCCCN1CC[C@H](CNc2nccc(-c3cnn(C)c3)n2)C1. The Kier molecular flexibility index (Phi) is 5.77. The van der Waals surface area contributed by atoms with Gasteiger partial charge in [-0.05, 0) is 31.4 Å². The number of hydrogen-bond donors (Lipinski definition) is 1. The van der Waals surface area contributed by atoms with Crippen LogP contribution in [-0.4, -0.2) is 64.5 Å². The van der Waals surface area contributed by atoms with E-state index in [9.17, 15) is 0 Å². The van der Waals surface area contributed by atoms with Gasteiger partial charge in [0.15, 0.2) is 0 Å². The van der Waals surface area contributed by atoms with Crippen LogP contribution < -0.4 is 5.32 Å². The van der Waals surface area contributed by atoms with Crippen LogP contribution in [-0.2, 0) is 11.8 Å². The Morgan fingerprint density at radius 2 is 2.33 bits per heavy atom. The minimum atomic E-state index is 0.651. The molecule has 0 bridgehead atoms. The number of methoxy groups -OCH3 is 1. The third-order valence-electron chi connectivity index (χ3n) is 4.40. The fourth-order valence-electron chi connectivity index (χ4n) is 3.11. The van der Waals surface area contributed by atoms with E-state index in [2.05, 4.69) is 25.3 Å². The molecule has 1 aliphatic rings. The quantitative estimate of drug-likeness (QED) is 0.742. The smallest absolute Gasteiger partial charge is 0.223 e. The van der Waals surface area contributed by atoms with Crippen LogP contribution in [0.1, 0.15) is 12.8 Å². The molecule has 24 heavy (non-hydrogen) atoms. The molecule has 0 aromatic carbocycles. The first-order valence-electron chi connectivity index (χ1n) is 8.52. The van der Waals surface area contributed by atoms with Crippen molar-refractivity contribution < 1.29 is 4.74 Å². The third-order valence-corrected chi connectivity index (χ3v) is 4.40. The Bertz CT molecular complexity index is 644. The molecule has 7 heteroatoms. The van der Waals surface area contributed by atoms with Crippen molar-refractivity contribution in [3.63, 3.8) is 0 Å². The van der Waals surface area contributed by atoms with Crippen LogP contribution in [0.25, 0.3) is 11.3 Å². The van der Waals surface area contributed by atoms with Gasteiger partial charge in [0, 0.05) is 58.4 Å². The number of aryl methyl sites for hydroxylation is 1. The normalized spacial score (nSPS) is 18.2. The molecule has 0 radical (unpaired) electrons. The van der Waals surface area contributed by atoms with Crippen LogP contribution in [0.5, 0.6) is 0 Å². The van der Waals surface area contributed by atoms with E-state index in [-0.39, 0.29) is 0 Å². The average Bonchev–Trinajstić information content (AvgIpc) is 3.23. The van der Waals surface area contributed by atoms with Gasteiger partial charge in [-0.3, -0.25) is 4.68 Å². The number of nitrogens with one attached hydrogen (secondary N) is 1. The van der Waals surface area contributed by atoms with Crippen LogP contribution in [0, 0.1) is 5.92 Å². The van der Waals surface area contributed by atoms with Gasteiger partial charge < -0.3 is 15.0 Å². The molecule has 1 saturated heterocycles. The zero-order chi connectivity index (χ0) is 16.8. The maximum atomic E-state index is 5.12. The lowest BCUT2D eigenvalue weighted by Gasteiger charge is -2.16. The first-order valence-corrected chi connectivity index (χ1v) is 8.52. The van der Waals surface area contributed by atoms with Gasteiger partial charge in [-0.1, -0.05) is 0 Å². The van der Waals surface area contributed by atoms with Crippen molar-refractivity contribution in [3.8, 4) is 11.3 Å². The Balaban J connectivity index is 1.49. The molecule has 0 aliphatic carbocycles. The molecular weight excluding hydrogens is 304 g/mol. The molecule has 130 valence electrons. The summed E-state index contributed by atoms with van der Waals surface area (Å²) in [7, 11) is 3.67. The molecule has 0 amide bonds. The molecular formula is C17H26N6O. The van der Waals surface area contributed by atoms with E-state index < -0.39 is 0 Å².